The van der Waals surface area contributed by atoms with Gasteiger partial charge in [-0.3, -0.25) is 0 Å². The van der Waals surface area contributed by atoms with Crippen LogP contribution in [0.2, 0.25) is 0 Å². The van der Waals surface area contributed by atoms with Crippen molar-refractivity contribution < 1.29 is 0 Å². The van der Waals surface area contributed by atoms with Gasteiger partial charge in [0, 0.05) is 44.9 Å². The monoisotopic (exact) mass is 618 g/mol. The number of allylic oxidation sites excluding steroid dienone is 3. The Bertz CT molecular complexity index is 2390. The molecule has 0 aliphatic heterocycles. The minimum absolute atomic E-state index is 0.0538. The van der Waals surface area contributed by atoms with Crippen LogP contribution < -0.4 is 4.90 Å². The number of fused-ring (bicyclic) bond motifs is 6. The zero-order valence-electron chi connectivity index (χ0n) is 27.6. The maximum Gasteiger partial charge on any atom is 0.0541 e. The van der Waals surface area contributed by atoms with E-state index < -0.39 is 0 Å². The zero-order valence-corrected chi connectivity index (χ0v) is 27.6. The van der Waals surface area contributed by atoms with Crippen LogP contribution in [0.15, 0.2) is 170 Å². The van der Waals surface area contributed by atoms with Gasteiger partial charge in [-0.1, -0.05) is 124 Å². The fourth-order valence-electron chi connectivity index (χ4n) is 8.28. The zero-order chi connectivity index (χ0) is 32.4. The number of rotatable bonds is 5. The number of hydrogen-bond donors (Lipinski definition) is 0. The van der Waals surface area contributed by atoms with E-state index in [0.717, 1.165) is 0 Å². The Morgan fingerprint density at radius 2 is 1.27 bits per heavy atom. The fraction of sp³-hybridized carbons (Fsp3) is 0.130. The molecule has 0 spiro atoms. The maximum atomic E-state index is 2.46. The summed E-state index contributed by atoms with van der Waals surface area (Å²) in [5, 5.41) is 2.59. The molecule has 2 atom stereocenters. The lowest BCUT2D eigenvalue weighted by Gasteiger charge is -2.32. The van der Waals surface area contributed by atoms with Crippen molar-refractivity contribution in [3.8, 4) is 16.8 Å². The molecule has 0 N–H and O–H groups in total. The molecule has 0 fully saturated rings. The van der Waals surface area contributed by atoms with E-state index >= 15 is 0 Å². The SMILES string of the molecule is CC1C=C(N(c2ccccc2)c2ccc3c(c2)C(C)(C)c2ccccc2-3)C=CC1c1ccc2c(c1)c1ccccc1n2-c1ccccc1. The van der Waals surface area contributed by atoms with Crippen molar-refractivity contribution in [3.63, 3.8) is 0 Å². The van der Waals surface area contributed by atoms with Crippen LogP contribution in [0.3, 0.4) is 0 Å². The van der Waals surface area contributed by atoms with Gasteiger partial charge in [-0.2, -0.15) is 0 Å². The van der Waals surface area contributed by atoms with Gasteiger partial charge in [-0.05, 0) is 94.4 Å². The Morgan fingerprint density at radius 3 is 2.08 bits per heavy atom. The van der Waals surface area contributed by atoms with E-state index in [2.05, 4.69) is 194 Å². The first-order chi connectivity index (χ1) is 23.5. The summed E-state index contributed by atoms with van der Waals surface area (Å²) < 4.78 is 2.39. The summed E-state index contributed by atoms with van der Waals surface area (Å²) in [5.41, 5.74) is 14.0. The van der Waals surface area contributed by atoms with Crippen LogP contribution in [-0.2, 0) is 5.41 Å². The standard InChI is InChI=1S/C46H38N2/c1-31-28-35(47(33-14-6-4-7-15-33)36-24-26-39-38-18-10-12-20-42(38)46(2,3)43(39)30-36)23-25-37(31)32-22-27-45-41(29-32)40-19-11-13-21-44(40)48(45)34-16-8-5-9-17-34/h4-31,37H,1-3H3. The number of aromatic nitrogens is 1. The van der Waals surface area contributed by atoms with Gasteiger partial charge in [-0.15, -0.1) is 0 Å². The third-order valence-corrected chi connectivity index (χ3v) is 10.7. The topological polar surface area (TPSA) is 8.17 Å². The lowest BCUT2D eigenvalue weighted by molar-refractivity contribution is 0.629. The van der Waals surface area contributed by atoms with Crippen LogP contribution in [0.5, 0.6) is 0 Å². The molecule has 7 aromatic rings. The van der Waals surface area contributed by atoms with E-state index in [1.807, 2.05) is 0 Å². The molecule has 2 aliphatic rings. The Morgan fingerprint density at radius 1 is 0.583 bits per heavy atom. The van der Waals surface area contributed by atoms with E-state index in [-0.39, 0.29) is 11.3 Å². The van der Waals surface area contributed by atoms with E-state index in [0.29, 0.717) is 5.92 Å². The smallest absolute Gasteiger partial charge is 0.0541 e. The Hall–Kier alpha value is -5.60. The normalized spacial score (nSPS) is 17.7. The average Bonchev–Trinajstić information content (AvgIpc) is 3.57. The molecule has 6 aromatic carbocycles. The Kier molecular flexibility index (Phi) is 6.55. The molecule has 232 valence electrons. The van der Waals surface area contributed by atoms with Crippen LogP contribution in [-0.4, -0.2) is 4.57 Å². The first-order valence-electron chi connectivity index (χ1n) is 17.1. The van der Waals surface area contributed by atoms with Crippen LogP contribution in [0.4, 0.5) is 11.4 Å². The van der Waals surface area contributed by atoms with E-state index in [9.17, 15) is 0 Å². The predicted molar refractivity (Wildman–Crippen MR) is 202 cm³/mol. The molecular weight excluding hydrogens is 581 g/mol. The van der Waals surface area contributed by atoms with Crippen molar-refractivity contribution in [1.82, 2.24) is 4.57 Å². The van der Waals surface area contributed by atoms with Gasteiger partial charge in [0.05, 0.1) is 11.0 Å². The molecule has 48 heavy (non-hydrogen) atoms. The summed E-state index contributed by atoms with van der Waals surface area (Å²) >= 11 is 0. The van der Waals surface area contributed by atoms with Gasteiger partial charge in [0.15, 0.2) is 0 Å². The molecule has 2 unspecified atom stereocenters. The maximum absolute atomic E-state index is 2.46. The summed E-state index contributed by atoms with van der Waals surface area (Å²) in [4.78, 5) is 2.43. The van der Waals surface area contributed by atoms with Gasteiger partial charge in [-0.25, -0.2) is 0 Å². The second kappa shape index (κ2) is 11.0. The van der Waals surface area contributed by atoms with Crippen molar-refractivity contribution in [1.29, 1.82) is 0 Å². The Balaban J connectivity index is 1.11. The number of para-hydroxylation sites is 3. The summed E-state index contributed by atoms with van der Waals surface area (Å²) in [5.74, 6) is 0.592. The minimum atomic E-state index is -0.0538. The second-order valence-electron chi connectivity index (χ2n) is 13.9. The molecule has 0 bridgehead atoms. The van der Waals surface area contributed by atoms with Crippen molar-refractivity contribution in [3.05, 3.63) is 186 Å². The van der Waals surface area contributed by atoms with Crippen LogP contribution in [0, 0.1) is 5.92 Å². The highest BCUT2D eigenvalue weighted by atomic mass is 15.1. The second-order valence-corrected chi connectivity index (χ2v) is 13.9. The van der Waals surface area contributed by atoms with E-state index in [1.54, 1.807) is 0 Å². The molecule has 2 heteroatoms. The molecule has 0 amide bonds. The first kappa shape index (κ1) is 28.6. The largest absolute Gasteiger partial charge is 0.311 e. The van der Waals surface area contributed by atoms with Gasteiger partial charge >= 0.3 is 0 Å². The molecule has 2 aliphatic carbocycles. The molecule has 2 nitrogen and oxygen atoms in total. The molecule has 0 saturated carbocycles. The summed E-state index contributed by atoms with van der Waals surface area (Å²) in [6.07, 6.45) is 7.21. The van der Waals surface area contributed by atoms with Crippen molar-refractivity contribution in [2.24, 2.45) is 5.92 Å². The molecule has 1 heterocycles. The minimum Gasteiger partial charge on any atom is -0.311 e. The average molecular weight is 619 g/mol. The van der Waals surface area contributed by atoms with Gasteiger partial charge < -0.3 is 9.47 Å². The summed E-state index contributed by atoms with van der Waals surface area (Å²) in [6, 6.07) is 53.3. The van der Waals surface area contributed by atoms with Crippen molar-refractivity contribution in [2.75, 3.05) is 4.90 Å². The Labute approximate surface area is 282 Å². The van der Waals surface area contributed by atoms with E-state index in [1.165, 1.54) is 72.4 Å². The third-order valence-electron chi connectivity index (χ3n) is 10.7. The highest BCUT2D eigenvalue weighted by molar-refractivity contribution is 6.09. The van der Waals surface area contributed by atoms with Gasteiger partial charge in [0.1, 0.15) is 0 Å². The van der Waals surface area contributed by atoms with Gasteiger partial charge in [0.25, 0.3) is 0 Å². The van der Waals surface area contributed by atoms with E-state index in [4.69, 9.17) is 0 Å². The molecule has 1 aromatic heterocycles. The highest BCUT2D eigenvalue weighted by Gasteiger charge is 2.36. The predicted octanol–water partition coefficient (Wildman–Crippen LogP) is 12.1. The molecular formula is C46H38N2. The van der Waals surface area contributed by atoms with Crippen LogP contribution in [0.25, 0.3) is 38.6 Å². The third kappa shape index (κ3) is 4.40. The van der Waals surface area contributed by atoms with Crippen LogP contribution >= 0.6 is 0 Å². The lowest BCUT2D eigenvalue weighted by atomic mass is 9.82. The molecule has 0 saturated heterocycles. The number of anilines is 2. The number of nitrogens with zero attached hydrogens (tertiary/aromatic N) is 2. The molecule has 9 rings (SSSR count). The quantitative estimate of drug-likeness (QED) is 0.186. The first-order valence-corrected chi connectivity index (χ1v) is 17.1. The summed E-state index contributed by atoms with van der Waals surface area (Å²) in [6.45, 7) is 7.07. The summed E-state index contributed by atoms with van der Waals surface area (Å²) in [7, 11) is 0. The van der Waals surface area contributed by atoms with Gasteiger partial charge in [0.2, 0.25) is 0 Å². The van der Waals surface area contributed by atoms with Crippen LogP contribution in [0.1, 0.15) is 43.4 Å². The van der Waals surface area contributed by atoms with Crippen molar-refractivity contribution >= 4 is 33.2 Å². The lowest BCUT2D eigenvalue weighted by Crippen LogP contribution is -2.21. The number of hydrogen-bond acceptors (Lipinski definition) is 1. The fourth-order valence-corrected chi connectivity index (χ4v) is 8.28. The number of benzene rings is 6. The van der Waals surface area contributed by atoms with Crippen molar-refractivity contribution in [2.45, 2.75) is 32.1 Å². The molecule has 0 radical (unpaired) electrons. The highest BCUT2D eigenvalue weighted by Crippen LogP contribution is 2.50.